The zero-order chi connectivity index (χ0) is 48.2. The molecule has 5 aliphatic heterocycles. The van der Waals surface area contributed by atoms with Gasteiger partial charge in [-0.15, -0.1) is 0 Å². The molecule has 29 nitrogen and oxygen atoms in total. The van der Waals surface area contributed by atoms with Crippen LogP contribution in [0.25, 0.3) is 0 Å². The molecule has 0 aromatic carbocycles. The van der Waals surface area contributed by atoms with E-state index in [0.717, 1.165) is 20.8 Å². The Morgan fingerprint density at radius 1 is 0.400 bits per heavy atom. The van der Waals surface area contributed by atoms with Crippen LogP contribution in [0, 0.1) is 0 Å². The second-order valence-electron chi connectivity index (χ2n) is 16.2. The maximum absolute atomic E-state index is 12.4. The van der Waals surface area contributed by atoms with E-state index in [1.165, 1.54) is 0 Å². The number of aliphatic hydroxyl groups excluding tert-OH is 14. The summed E-state index contributed by atoms with van der Waals surface area (Å²) >= 11 is 0. The normalized spacial score (nSPS) is 47.1. The van der Waals surface area contributed by atoms with Crippen molar-refractivity contribution >= 4 is 17.7 Å². The molecule has 0 spiro atoms. The van der Waals surface area contributed by atoms with Crippen LogP contribution in [0.2, 0.25) is 0 Å². The van der Waals surface area contributed by atoms with E-state index in [0.29, 0.717) is 0 Å². The molecular formula is C36H61N3O26. The van der Waals surface area contributed by atoms with Gasteiger partial charge in [0, 0.05) is 20.8 Å². The summed E-state index contributed by atoms with van der Waals surface area (Å²) in [5.74, 6) is -2.29. The highest BCUT2D eigenvalue weighted by atomic mass is 16.8. The monoisotopic (exact) mass is 951 g/mol. The Kier molecular flexibility index (Phi) is 19.1. The number of hydrogen-bond acceptors (Lipinski definition) is 26. The lowest BCUT2D eigenvalue weighted by Crippen LogP contribution is -2.70. The third-order valence-corrected chi connectivity index (χ3v) is 11.5. The van der Waals surface area contributed by atoms with Crippen molar-refractivity contribution in [2.24, 2.45) is 0 Å². The maximum atomic E-state index is 12.4. The molecule has 0 aromatic heterocycles. The third-order valence-electron chi connectivity index (χ3n) is 11.5. The van der Waals surface area contributed by atoms with Crippen molar-refractivity contribution in [1.82, 2.24) is 16.0 Å². The molecule has 0 saturated carbocycles. The highest BCUT2D eigenvalue weighted by molar-refractivity contribution is 5.74. The van der Waals surface area contributed by atoms with E-state index in [1.54, 1.807) is 0 Å². The van der Waals surface area contributed by atoms with E-state index in [1.807, 2.05) is 0 Å². The lowest BCUT2D eigenvalue weighted by Gasteiger charge is -2.50. The van der Waals surface area contributed by atoms with Crippen LogP contribution < -0.4 is 16.0 Å². The number of carbonyl (C=O) groups is 3. The molecule has 5 saturated heterocycles. The van der Waals surface area contributed by atoms with Crippen LogP contribution >= 0.6 is 0 Å². The number of nitrogens with one attached hydrogen (secondary N) is 3. The lowest BCUT2D eigenvalue weighted by molar-refractivity contribution is -0.379. The van der Waals surface area contributed by atoms with Crippen molar-refractivity contribution in [3.05, 3.63) is 0 Å². The van der Waals surface area contributed by atoms with Crippen molar-refractivity contribution in [2.75, 3.05) is 33.0 Å². The van der Waals surface area contributed by atoms with Gasteiger partial charge in [-0.3, -0.25) is 14.4 Å². The minimum Gasteiger partial charge on any atom is -0.394 e. The van der Waals surface area contributed by atoms with Gasteiger partial charge in [0.15, 0.2) is 31.5 Å². The fourth-order valence-corrected chi connectivity index (χ4v) is 8.13. The average molecular weight is 952 g/mol. The second-order valence-corrected chi connectivity index (χ2v) is 16.2. The molecule has 0 bridgehead atoms. The molecule has 1 unspecified atom stereocenters. The summed E-state index contributed by atoms with van der Waals surface area (Å²) in [6, 6.07) is -4.82. The number of amides is 3. The lowest BCUT2D eigenvalue weighted by atomic mass is 9.94. The molecule has 0 aliphatic carbocycles. The number of carbonyl (C=O) groups excluding carboxylic acids is 3. The first kappa shape index (κ1) is 53.4. The van der Waals surface area contributed by atoms with Crippen LogP contribution in [0.3, 0.4) is 0 Å². The molecular weight excluding hydrogens is 890 g/mol. The molecule has 3 amide bonds. The number of rotatable bonds is 16. The Morgan fingerprint density at radius 2 is 0.769 bits per heavy atom. The van der Waals surface area contributed by atoms with Gasteiger partial charge < -0.3 is 130 Å². The highest BCUT2D eigenvalue weighted by Gasteiger charge is 2.56. The fraction of sp³-hybridized carbons (Fsp3) is 0.917. The highest BCUT2D eigenvalue weighted by Crippen LogP contribution is 2.35. The molecule has 0 aromatic rings. The molecule has 5 rings (SSSR count). The van der Waals surface area contributed by atoms with E-state index < -0.39 is 204 Å². The predicted molar refractivity (Wildman–Crippen MR) is 201 cm³/mol. The largest absolute Gasteiger partial charge is 0.394 e. The van der Waals surface area contributed by atoms with Crippen LogP contribution in [0.1, 0.15) is 20.8 Å². The zero-order valence-electron chi connectivity index (χ0n) is 35.1. The SMILES string of the molecule is CC(=O)N[C@H]1[C@H](O[C@H]2[C@@H](O)[C@@H](CO)OC(O)[C@@H]2O)O[C@H](CO)[C@@H](O[C@@H]2O[C@H](CO[C@@H]3O[C@H](CO)[C@@H](O)[C@H](O)[C@H]3NC(C)=O)[C@H](O)[C@H](O[C@@H]3O[C@H](CO)[C@@H](O)[C@H](O)[C@H]3NC(C)=O)[C@H]2O)[C@@H]1O. The van der Waals surface area contributed by atoms with Crippen molar-refractivity contribution in [2.45, 2.75) is 174 Å². The van der Waals surface area contributed by atoms with E-state index in [2.05, 4.69) is 16.0 Å². The predicted octanol–water partition coefficient (Wildman–Crippen LogP) is -11.5. The van der Waals surface area contributed by atoms with Crippen molar-refractivity contribution in [3.63, 3.8) is 0 Å². The first-order valence-electron chi connectivity index (χ1n) is 20.6. The summed E-state index contributed by atoms with van der Waals surface area (Å²) in [6.45, 7) is -1.27. The Bertz CT molecular complexity index is 1560. The van der Waals surface area contributed by atoms with Gasteiger partial charge in [0.25, 0.3) is 0 Å². The van der Waals surface area contributed by atoms with Crippen molar-refractivity contribution in [1.29, 1.82) is 0 Å². The van der Waals surface area contributed by atoms with Gasteiger partial charge >= 0.3 is 0 Å². The summed E-state index contributed by atoms with van der Waals surface area (Å²) in [4.78, 5) is 36.6. The zero-order valence-corrected chi connectivity index (χ0v) is 35.1. The molecule has 0 radical (unpaired) electrons. The molecule has 5 aliphatic rings. The van der Waals surface area contributed by atoms with Gasteiger partial charge in [-0.1, -0.05) is 0 Å². The van der Waals surface area contributed by atoms with Gasteiger partial charge in [-0.25, -0.2) is 0 Å². The Morgan fingerprint density at radius 3 is 1.25 bits per heavy atom. The van der Waals surface area contributed by atoms with E-state index in [9.17, 15) is 85.9 Å². The Balaban J connectivity index is 1.46. The quantitative estimate of drug-likeness (QED) is 0.0683. The number of hydrogen-bond donors (Lipinski definition) is 17. The molecule has 25 atom stereocenters. The fourth-order valence-electron chi connectivity index (χ4n) is 8.13. The summed E-state index contributed by atoms with van der Waals surface area (Å²) in [5, 5.41) is 156. The van der Waals surface area contributed by atoms with Crippen LogP contribution in [-0.2, 0) is 57.0 Å². The van der Waals surface area contributed by atoms with Crippen molar-refractivity contribution in [3.8, 4) is 0 Å². The smallest absolute Gasteiger partial charge is 0.217 e. The standard InChI is InChI=1S/C36H61N3O26/c1-9(44)37-17-24(51)20(47)12(4-40)59-33(17)57-8-16-23(50)31(65-34-18(38-10(2)45)25(52)21(48)13(5-41)60-34)28(55)36(62-16)63-29-15(7-43)61-35(19(26(29)53)39-11(3)46)64-30-22(49)14(6-42)58-32(56)27(30)54/h12-36,40-43,47-56H,4-8H2,1-3H3,(H,37,44)(H,38,45)(H,39,46)/t12-,13-,14-,15-,16-,17-,18-,19-,20-,21-,22+,23+,24-,25-,26-,27-,28-,29-,30+,31+,32?,33-,34+,35+,36+/m1/s1. The summed E-state index contributed by atoms with van der Waals surface area (Å²) in [6.07, 6.45) is -40.3. The number of ether oxygens (including phenoxy) is 9. The summed E-state index contributed by atoms with van der Waals surface area (Å²) in [7, 11) is 0. The molecule has 376 valence electrons. The molecule has 5 fully saturated rings. The van der Waals surface area contributed by atoms with Crippen LogP contribution in [0.4, 0.5) is 0 Å². The van der Waals surface area contributed by atoms with Crippen LogP contribution in [0.15, 0.2) is 0 Å². The van der Waals surface area contributed by atoms with Gasteiger partial charge in [-0.2, -0.15) is 0 Å². The topological polar surface area (TPSA) is 454 Å². The maximum Gasteiger partial charge on any atom is 0.217 e. The molecule has 17 N–H and O–H groups in total. The average Bonchev–Trinajstić information content (AvgIpc) is 3.25. The minimum atomic E-state index is -2.20. The first-order valence-corrected chi connectivity index (χ1v) is 20.6. The third kappa shape index (κ3) is 12.0. The van der Waals surface area contributed by atoms with E-state index in [-0.39, 0.29) is 0 Å². The molecule has 29 heteroatoms. The van der Waals surface area contributed by atoms with Gasteiger partial charge in [0.2, 0.25) is 17.7 Å². The van der Waals surface area contributed by atoms with Crippen LogP contribution in [0.5, 0.6) is 0 Å². The summed E-state index contributed by atoms with van der Waals surface area (Å²) in [5.41, 5.74) is 0. The van der Waals surface area contributed by atoms with Gasteiger partial charge in [0.1, 0.15) is 122 Å². The Labute approximate surface area is 369 Å². The molecule has 5 heterocycles. The van der Waals surface area contributed by atoms with Gasteiger partial charge in [-0.05, 0) is 0 Å². The second kappa shape index (κ2) is 23.2. The van der Waals surface area contributed by atoms with E-state index in [4.69, 9.17) is 42.6 Å². The minimum absolute atomic E-state index is 0.710. The Hall–Kier alpha value is -2.51. The molecule has 65 heavy (non-hydrogen) atoms. The summed E-state index contributed by atoms with van der Waals surface area (Å²) < 4.78 is 51.5. The van der Waals surface area contributed by atoms with E-state index >= 15 is 0 Å². The van der Waals surface area contributed by atoms with Crippen molar-refractivity contribution < 1.29 is 129 Å². The van der Waals surface area contributed by atoms with Crippen LogP contribution in [-0.4, -0.2) is 276 Å². The number of aliphatic hydroxyl groups is 14. The van der Waals surface area contributed by atoms with Gasteiger partial charge in [0.05, 0.1) is 33.0 Å². The first-order chi connectivity index (χ1) is 30.7.